The molecule has 0 unspecified atom stereocenters. The highest BCUT2D eigenvalue weighted by Crippen LogP contribution is 2.39. The topological polar surface area (TPSA) is 93.9 Å². The first-order chi connectivity index (χ1) is 16.9. The minimum absolute atomic E-state index is 0.432. The van der Waals surface area contributed by atoms with Gasteiger partial charge in [0.15, 0.2) is 5.65 Å². The molecule has 1 saturated carbocycles. The summed E-state index contributed by atoms with van der Waals surface area (Å²) in [5.74, 6) is 1.78. The molecule has 0 atom stereocenters. The summed E-state index contributed by atoms with van der Waals surface area (Å²) in [6, 6.07) is 18.5. The van der Waals surface area contributed by atoms with Crippen molar-refractivity contribution in [3.8, 4) is 28.3 Å². The molecule has 1 N–H and O–H groups in total. The molecule has 8 heteroatoms. The molecule has 0 amide bonds. The van der Waals surface area contributed by atoms with E-state index in [1.807, 2.05) is 41.0 Å². The Morgan fingerprint density at radius 1 is 0.912 bits per heavy atom. The lowest BCUT2D eigenvalue weighted by Crippen LogP contribution is -2.12. The van der Waals surface area contributed by atoms with Crippen LogP contribution >= 0.6 is 0 Å². The lowest BCUT2D eigenvalue weighted by Gasteiger charge is -2.25. The summed E-state index contributed by atoms with van der Waals surface area (Å²) < 4.78 is 7.97. The molecule has 0 spiro atoms. The number of nitrogens with one attached hydrogen (secondary N) is 1. The van der Waals surface area contributed by atoms with E-state index in [4.69, 9.17) is 14.8 Å². The number of rotatable bonds is 6. The van der Waals surface area contributed by atoms with Gasteiger partial charge in [-0.25, -0.2) is 9.50 Å². The van der Waals surface area contributed by atoms with Crippen molar-refractivity contribution in [2.75, 3.05) is 0 Å². The molecule has 2 aromatic carbocycles. The van der Waals surface area contributed by atoms with E-state index in [1.54, 1.807) is 6.20 Å². The zero-order valence-corrected chi connectivity index (χ0v) is 18.8. The fourth-order valence-electron chi connectivity index (χ4n) is 4.84. The lowest BCUT2D eigenvalue weighted by molar-refractivity contribution is 0.306. The maximum Gasteiger partial charge on any atom is 0.210 e. The van der Waals surface area contributed by atoms with Crippen LogP contribution in [0.25, 0.3) is 28.2 Å². The van der Waals surface area contributed by atoms with Crippen LogP contribution in [0.15, 0.2) is 67.0 Å². The molecule has 8 nitrogen and oxygen atoms in total. The summed E-state index contributed by atoms with van der Waals surface area (Å²) >= 11 is 0. The molecule has 1 aliphatic rings. The monoisotopic (exact) mass is 451 g/mol. The minimum atomic E-state index is 0.432. The van der Waals surface area contributed by atoms with Crippen molar-refractivity contribution in [2.45, 2.75) is 44.6 Å². The first-order valence-electron chi connectivity index (χ1n) is 11.7. The van der Waals surface area contributed by atoms with E-state index in [0.717, 1.165) is 46.5 Å². The van der Waals surface area contributed by atoms with Gasteiger partial charge < -0.3 is 4.74 Å². The predicted molar refractivity (Wildman–Crippen MR) is 128 cm³/mol. The van der Waals surface area contributed by atoms with Gasteiger partial charge >= 0.3 is 0 Å². The second-order valence-corrected chi connectivity index (χ2v) is 8.72. The molecule has 5 aromatic rings. The van der Waals surface area contributed by atoms with Crippen molar-refractivity contribution in [1.82, 2.24) is 35.2 Å². The Morgan fingerprint density at radius 3 is 2.50 bits per heavy atom. The average molecular weight is 452 g/mol. The van der Waals surface area contributed by atoms with Crippen LogP contribution in [0.2, 0.25) is 0 Å². The van der Waals surface area contributed by atoms with Gasteiger partial charge in [-0.2, -0.15) is 10.3 Å². The van der Waals surface area contributed by atoms with Gasteiger partial charge in [0, 0.05) is 17.7 Å². The SMILES string of the molecule is c1ccc(COc2ccc(-c3cnc4c(-c5nn[nH]n5)cnn4c3C3CCCCC3)cc2)cc1. The molecule has 1 aliphatic carbocycles. The van der Waals surface area contributed by atoms with Gasteiger partial charge in [0.25, 0.3) is 0 Å². The fourth-order valence-corrected chi connectivity index (χ4v) is 4.84. The Balaban J connectivity index is 1.36. The number of ether oxygens (including phenoxy) is 1. The van der Waals surface area contributed by atoms with E-state index in [2.05, 4.69) is 44.9 Å². The highest BCUT2D eigenvalue weighted by Gasteiger charge is 2.25. The number of H-pyrrole nitrogens is 1. The van der Waals surface area contributed by atoms with Crippen molar-refractivity contribution >= 4 is 5.65 Å². The number of aromatic amines is 1. The van der Waals surface area contributed by atoms with E-state index in [-0.39, 0.29) is 0 Å². The quantitative estimate of drug-likeness (QED) is 0.381. The minimum Gasteiger partial charge on any atom is -0.489 e. The molecule has 0 aliphatic heterocycles. The Morgan fingerprint density at radius 2 is 1.74 bits per heavy atom. The Bertz CT molecular complexity index is 1370. The first kappa shape index (κ1) is 20.5. The van der Waals surface area contributed by atoms with Gasteiger partial charge in [0.1, 0.15) is 12.4 Å². The molecular weight excluding hydrogens is 426 g/mol. The maximum atomic E-state index is 5.99. The van der Waals surface area contributed by atoms with Gasteiger partial charge in [-0.15, -0.1) is 10.2 Å². The fraction of sp³-hybridized carbons (Fsp3) is 0.269. The van der Waals surface area contributed by atoms with Gasteiger partial charge in [-0.3, -0.25) is 0 Å². The van der Waals surface area contributed by atoms with Crippen LogP contribution in [0.5, 0.6) is 5.75 Å². The maximum absolute atomic E-state index is 5.99. The molecule has 0 bridgehead atoms. The molecule has 1 fully saturated rings. The summed E-state index contributed by atoms with van der Waals surface area (Å²) in [5.41, 5.74) is 6.11. The summed E-state index contributed by atoms with van der Waals surface area (Å²) in [4.78, 5) is 4.77. The van der Waals surface area contributed by atoms with Gasteiger partial charge in [-0.1, -0.05) is 61.7 Å². The second kappa shape index (κ2) is 9.05. The van der Waals surface area contributed by atoms with Crippen LogP contribution in [0, 0.1) is 0 Å². The van der Waals surface area contributed by atoms with E-state index in [0.29, 0.717) is 18.3 Å². The third kappa shape index (κ3) is 3.91. The van der Waals surface area contributed by atoms with Crippen molar-refractivity contribution in [3.63, 3.8) is 0 Å². The van der Waals surface area contributed by atoms with E-state index in [9.17, 15) is 0 Å². The van der Waals surface area contributed by atoms with E-state index >= 15 is 0 Å². The molecule has 3 heterocycles. The number of hydrogen-bond acceptors (Lipinski definition) is 6. The van der Waals surface area contributed by atoms with Crippen LogP contribution in [0.1, 0.15) is 49.3 Å². The molecule has 0 radical (unpaired) electrons. The molecule has 170 valence electrons. The molecule has 6 rings (SSSR count). The highest BCUT2D eigenvalue weighted by molar-refractivity contribution is 5.75. The first-order valence-corrected chi connectivity index (χ1v) is 11.7. The third-order valence-corrected chi connectivity index (χ3v) is 6.56. The number of aromatic nitrogens is 7. The normalized spacial score (nSPS) is 14.5. The van der Waals surface area contributed by atoms with Crippen molar-refractivity contribution in [3.05, 3.63) is 78.2 Å². The number of nitrogens with zero attached hydrogens (tertiary/aromatic N) is 6. The zero-order chi connectivity index (χ0) is 22.7. The van der Waals surface area contributed by atoms with Gasteiger partial charge in [0.05, 0.1) is 17.5 Å². The summed E-state index contributed by atoms with van der Waals surface area (Å²) in [5, 5.41) is 19.2. The Labute approximate surface area is 197 Å². The molecule has 0 saturated heterocycles. The van der Waals surface area contributed by atoms with Crippen LogP contribution in [-0.2, 0) is 6.61 Å². The molecule has 34 heavy (non-hydrogen) atoms. The van der Waals surface area contributed by atoms with Gasteiger partial charge in [-0.05, 0) is 41.3 Å². The second-order valence-electron chi connectivity index (χ2n) is 8.72. The van der Waals surface area contributed by atoms with Crippen LogP contribution < -0.4 is 4.74 Å². The van der Waals surface area contributed by atoms with Crippen molar-refractivity contribution in [1.29, 1.82) is 0 Å². The highest BCUT2D eigenvalue weighted by atomic mass is 16.5. The standard InChI is InChI=1S/C26H25N7O/c1-3-7-18(8-4-1)17-34-21-13-11-19(12-14-21)22-15-27-26-23(25-29-31-32-30-25)16-28-33(26)24(22)20-9-5-2-6-10-20/h1,3-4,7-8,11-16,20H,2,5-6,9-10,17H2,(H,29,30,31,32). The number of benzene rings is 2. The lowest BCUT2D eigenvalue weighted by atomic mass is 9.84. The van der Waals surface area contributed by atoms with Crippen molar-refractivity contribution < 1.29 is 4.74 Å². The molecule has 3 aromatic heterocycles. The summed E-state index contributed by atoms with van der Waals surface area (Å²) in [6.07, 6.45) is 9.82. The smallest absolute Gasteiger partial charge is 0.210 e. The Hall–Kier alpha value is -4.07. The third-order valence-electron chi connectivity index (χ3n) is 6.56. The average Bonchev–Trinajstić information content (AvgIpc) is 3.58. The largest absolute Gasteiger partial charge is 0.489 e. The summed E-state index contributed by atoms with van der Waals surface area (Å²) in [7, 11) is 0. The molecular formula is C26H25N7O. The van der Waals surface area contributed by atoms with Crippen LogP contribution in [0.4, 0.5) is 0 Å². The predicted octanol–water partition coefficient (Wildman–Crippen LogP) is 5.20. The number of fused-ring (bicyclic) bond motifs is 1. The van der Waals surface area contributed by atoms with Crippen LogP contribution in [-0.4, -0.2) is 35.2 Å². The van der Waals surface area contributed by atoms with Crippen LogP contribution in [0.3, 0.4) is 0 Å². The number of tetrazole rings is 1. The van der Waals surface area contributed by atoms with Gasteiger partial charge in [0.2, 0.25) is 5.82 Å². The van der Waals surface area contributed by atoms with E-state index < -0.39 is 0 Å². The number of hydrogen-bond donors (Lipinski definition) is 1. The van der Waals surface area contributed by atoms with E-state index in [1.165, 1.54) is 25.0 Å². The Kier molecular flexibility index (Phi) is 5.47. The summed E-state index contributed by atoms with van der Waals surface area (Å²) in [6.45, 7) is 0.549. The zero-order valence-electron chi connectivity index (χ0n) is 18.8. The van der Waals surface area contributed by atoms with Crippen molar-refractivity contribution in [2.24, 2.45) is 0 Å².